The standard InChI is InChI=1S/C23H26N4O2/c1-4-27(5-2)23(28)19-15-21(24-16-18-13-9-10-14-20(18)29-3)26-22(25-19)17-11-7-6-8-12-17/h6-15H,4-5,16H2,1-3H3,(H,24,25,26). The summed E-state index contributed by atoms with van der Waals surface area (Å²) in [5.74, 6) is 1.82. The van der Waals surface area contributed by atoms with Crippen LogP contribution in [0.3, 0.4) is 0 Å². The summed E-state index contributed by atoms with van der Waals surface area (Å²) >= 11 is 0. The molecular formula is C23H26N4O2. The molecule has 0 saturated heterocycles. The number of hydrogen-bond acceptors (Lipinski definition) is 5. The van der Waals surface area contributed by atoms with E-state index in [4.69, 9.17) is 4.74 Å². The number of carbonyl (C=O) groups excluding carboxylic acids is 1. The topological polar surface area (TPSA) is 67.4 Å². The lowest BCUT2D eigenvalue weighted by molar-refractivity contribution is 0.0767. The average Bonchev–Trinajstić information content (AvgIpc) is 2.79. The zero-order valence-electron chi connectivity index (χ0n) is 17.1. The van der Waals surface area contributed by atoms with Crippen molar-refractivity contribution in [3.05, 3.63) is 71.9 Å². The molecule has 1 N–H and O–H groups in total. The molecule has 0 spiro atoms. The number of carbonyl (C=O) groups is 1. The molecule has 0 aliphatic rings. The monoisotopic (exact) mass is 390 g/mol. The molecule has 1 amide bonds. The minimum Gasteiger partial charge on any atom is -0.496 e. The van der Waals surface area contributed by atoms with E-state index in [1.807, 2.05) is 68.4 Å². The molecule has 3 aromatic rings. The number of rotatable bonds is 8. The van der Waals surface area contributed by atoms with Gasteiger partial charge in [0.1, 0.15) is 17.3 Å². The molecule has 150 valence electrons. The van der Waals surface area contributed by atoms with Gasteiger partial charge in [-0.15, -0.1) is 0 Å². The SMILES string of the molecule is CCN(CC)C(=O)c1cc(NCc2ccccc2OC)nc(-c2ccccc2)n1. The molecule has 0 bridgehead atoms. The molecule has 29 heavy (non-hydrogen) atoms. The first-order valence-electron chi connectivity index (χ1n) is 9.75. The fraction of sp³-hybridized carbons (Fsp3) is 0.261. The highest BCUT2D eigenvalue weighted by Crippen LogP contribution is 2.21. The minimum atomic E-state index is -0.102. The third kappa shape index (κ3) is 4.90. The van der Waals surface area contributed by atoms with Gasteiger partial charge in [-0.25, -0.2) is 9.97 Å². The van der Waals surface area contributed by atoms with E-state index in [-0.39, 0.29) is 5.91 Å². The Morgan fingerprint density at radius 2 is 1.69 bits per heavy atom. The van der Waals surface area contributed by atoms with Gasteiger partial charge in [-0.2, -0.15) is 0 Å². The molecule has 0 aliphatic heterocycles. The molecule has 0 aliphatic carbocycles. The Hall–Kier alpha value is -3.41. The van der Waals surface area contributed by atoms with Gasteiger partial charge in [0.15, 0.2) is 5.82 Å². The number of ether oxygens (including phenoxy) is 1. The van der Waals surface area contributed by atoms with E-state index in [0.717, 1.165) is 16.9 Å². The number of methoxy groups -OCH3 is 1. The van der Waals surface area contributed by atoms with E-state index < -0.39 is 0 Å². The van der Waals surface area contributed by atoms with E-state index in [1.54, 1.807) is 18.1 Å². The molecule has 1 heterocycles. The molecule has 0 radical (unpaired) electrons. The predicted octanol–water partition coefficient (Wildman–Crippen LogP) is 4.25. The highest BCUT2D eigenvalue weighted by molar-refractivity contribution is 5.93. The van der Waals surface area contributed by atoms with Gasteiger partial charge in [-0.1, -0.05) is 48.5 Å². The van der Waals surface area contributed by atoms with Crippen molar-refractivity contribution in [1.82, 2.24) is 14.9 Å². The van der Waals surface area contributed by atoms with Crippen LogP contribution in [-0.4, -0.2) is 41.0 Å². The van der Waals surface area contributed by atoms with E-state index in [2.05, 4.69) is 15.3 Å². The second-order valence-electron chi connectivity index (χ2n) is 6.47. The maximum absolute atomic E-state index is 12.9. The highest BCUT2D eigenvalue weighted by Gasteiger charge is 2.17. The molecule has 0 saturated carbocycles. The fourth-order valence-electron chi connectivity index (χ4n) is 3.07. The van der Waals surface area contributed by atoms with Crippen LogP contribution in [0.2, 0.25) is 0 Å². The summed E-state index contributed by atoms with van der Waals surface area (Å²) in [4.78, 5) is 23.8. The van der Waals surface area contributed by atoms with Gasteiger partial charge in [0, 0.05) is 36.8 Å². The van der Waals surface area contributed by atoms with Crippen molar-refractivity contribution in [2.24, 2.45) is 0 Å². The molecule has 2 aromatic carbocycles. The van der Waals surface area contributed by atoms with Crippen LogP contribution >= 0.6 is 0 Å². The maximum Gasteiger partial charge on any atom is 0.272 e. The molecule has 6 heteroatoms. The van der Waals surface area contributed by atoms with E-state index in [0.29, 0.717) is 37.0 Å². The molecule has 0 fully saturated rings. The summed E-state index contributed by atoms with van der Waals surface area (Å²) in [5, 5.41) is 3.31. The van der Waals surface area contributed by atoms with Gasteiger partial charge in [-0.05, 0) is 19.9 Å². The van der Waals surface area contributed by atoms with Crippen molar-refractivity contribution >= 4 is 11.7 Å². The Bertz CT molecular complexity index is 956. The second kappa shape index (κ2) is 9.68. The summed E-state index contributed by atoms with van der Waals surface area (Å²) in [6, 6.07) is 19.2. The Labute approximate surface area is 171 Å². The number of nitrogens with zero attached hydrogens (tertiary/aromatic N) is 3. The van der Waals surface area contributed by atoms with Gasteiger partial charge >= 0.3 is 0 Å². The van der Waals surface area contributed by atoms with Gasteiger partial charge in [-0.3, -0.25) is 4.79 Å². The zero-order chi connectivity index (χ0) is 20.6. The van der Waals surface area contributed by atoms with E-state index in [1.165, 1.54) is 0 Å². The number of para-hydroxylation sites is 1. The quantitative estimate of drug-likeness (QED) is 0.623. The number of anilines is 1. The van der Waals surface area contributed by atoms with Crippen LogP contribution in [0.15, 0.2) is 60.7 Å². The molecule has 3 rings (SSSR count). The first-order valence-corrected chi connectivity index (χ1v) is 9.75. The number of benzene rings is 2. The third-order valence-electron chi connectivity index (χ3n) is 4.68. The van der Waals surface area contributed by atoms with E-state index in [9.17, 15) is 4.79 Å². The Kier molecular flexibility index (Phi) is 6.79. The molecule has 0 atom stereocenters. The van der Waals surface area contributed by atoms with Gasteiger partial charge < -0.3 is 15.0 Å². The molecule has 0 unspecified atom stereocenters. The van der Waals surface area contributed by atoms with Crippen LogP contribution in [0.1, 0.15) is 29.9 Å². The first-order chi connectivity index (χ1) is 14.2. The molecule has 1 aromatic heterocycles. The number of aromatic nitrogens is 2. The Morgan fingerprint density at radius 1 is 1.00 bits per heavy atom. The van der Waals surface area contributed by atoms with Crippen molar-refractivity contribution in [3.8, 4) is 17.1 Å². The van der Waals surface area contributed by atoms with Crippen LogP contribution in [0.25, 0.3) is 11.4 Å². The molecular weight excluding hydrogens is 364 g/mol. The van der Waals surface area contributed by atoms with Crippen LogP contribution in [-0.2, 0) is 6.54 Å². The Balaban J connectivity index is 1.95. The smallest absolute Gasteiger partial charge is 0.272 e. The normalized spacial score (nSPS) is 10.4. The summed E-state index contributed by atoms with van der Waals surface area (Å²) in [6.45, 7) is 5.70. The van der Waals surface area contributed by atoms with Crippen molar-refractivity contribution in [1.29, 1.82) is 0 Å². The lowest BCUT2D eigenvalue weighted by Gasteiger charge is -2.19. The van der Waals surface area contributed by atoms with Crippen LogP contribution in [0.4, 0.5) is 5.82 Å². The predicted molar refractivity (Wildman–Crippen MR) is 115 cm³/mol. The largest absolute Gasteiger partial charge is 0.496 e. The van der Waals surface area contributed by atoms with Crippen LogP contribution in [0, 0.1) is 0 Å². The second-order valence-corrected chi connectivity index (χ2v) is 6.47. The first kappa shape index (κ1) is 20.3. The summed E-state index contributed by atoms with van der Waals surface area (Å²) in [6.07, 6.45) is 0. The number of nitrogens with one attached hydrogen (secondary N) is 1. The lowest BCUT2D eigenvalue weighted by Crippen LogP contribution is -2.31. The number of amides is 1. The van der Waals surface area contributed by atoms with Crippen molar-refractivity contribution < 1.29 is 9.53 Å². The van der Waals surface area contributed by atoms with Gasteiger partial charge in [0.2, 0.25) is 0 Å². The van der Waals surface area contributed by atoms with Gasteiger partial charge in [0.25, 0.3) is 5.91 Å². The van der Waals surface area contributed by atoms with Crippen molar-refractivity contribution in [2.75, 3.05) is 25.5 Å². The Morgan fingerprint density at radius 3 is 2.38 bits per heavy atom. The van der Waals surface area contributed by atoms with Gasteiger partial charge in [0.05, 0.1) is 7.11 Å². The maximum atomic E-state index is 12.9. The van der Waals surface area contributed by atoms with Crippen molar-refractivity contribution in [2.45, 2.75) is 20.4 Å². The van der Waals surface area contributed by atoms with E-state index >= 15 is 0 Å². The third-order valence-corrected chi connectivity index (χ3v) is 4.68. The van der Waals surface area contributed by atoms with Crippen LogP contribution < -0.4 is 10.1 Å². The van der Waals surface area contributed by atoms with Crippen LogP contribution in [0.5, 0.6) is 5.75 Å². The summed E-state index contributed by atoms with van der Waals surface area (Å²) < 4.78 is 5.42. The summed E-state index contributed by atoms with van der Waals surface area (Å²) in [5.41, 5.74) is 2.25. The fourth-order valence-corrected chi connectivity index (χ4v) is 3.07. The average molecular weight is 390 g/mol. The zero-order valence-corrected chi connectivity index (χ0v) is 17.1. The highest BCUT2D eigenvalue weighted by atomic mass is 16.5. The molecule has 6 nitrogen and oxygen atoms in total. The lowest BCUT2D eigenvalue weighted by atomic mass is 10.2. The van der Waals surface area contributed by atoms with Crippen molar-refractivity contribution in [3.63, 3.8) is 0 Å². The minimum absolute atomic E-state index is 0.102. The summed E-state index contributed by atoms with van der Waals surface area (Å²) in [7, 11) is 1.65. The number of hydrogen-bond donors (Lipinski definition) is 1.